The van der Waals surface area contributed by atoms with E-state index in [9.17, 15) is 14.4 Å². The molecule has 2 aromatic carbocycles. The molecule has 1 fully saturated rings. The number of hydrogen-bond donors (Lipinski definition) is 3. The summed E-state index contributed by atoms with van der Waals surface area (Å²) in [6.45, 7) is 2.13. The van der Waals surface area contributed by atoms with Crippen LogP contribution in [0.2, 0.25) is 0 Å². The number of hydrogen-bond acceptors (Lipinski definition) is 5. The highest BCUT2D eigenvalue weighted by molar-refractivity contribution is 6.05. The molecule has 0 spiro atoms. The molecule has 3 amide bonds. The first kappa shape index (κ1) is 18.7. The second-order valence-corrected chi connectivity index (χ2v) is 6.96. The van der Waals surface area contributed by atoms with Crippen molar-refractivity contribution in [1.82, 2.24) is 10.7 Å². The average molecular weight is 392 g/mol. The third kappa shape index (κ3) is 3.82. The first-order valence-corrected chi connectivity index (χ1v) is 9.27. The van der Waals surface area contributed by atoms with Crippen molar-refractivity contribution < 1.29 is 19.1 Å². The van der Waals surface area contributed by atoms with Gasteiger partial charge in [0.25, 0.3) is 11.8 Å². The number of nitrogens with zero attached hydrogens (tertiary/aromatic N) is 1. The highest BCUT2D eigenvalue weighted by Gasteiger charge is 2.41. The van der Waals surface area contributed by atoms with Crippen LogP contribution in [0.4, 0.5) is 5.69 Å². The zero-order valence-corrected chi connectivity index (χ0v) is 15.8. The number of carbonyl (C=O) groups is 3. The number of carbonyl (C=O) groups excluding carboxylic acids is 3. The number of nitrogens with one attached hydrogen (secondary N) is 3. The van der Waals surface area contributed by atoms with Crippen molar-refractivity contribution in [3.8, 4) is 5.75 Å². The summed E-state index contributed by atoms with van der Waals surface area (Å²) < 4.78 is 5.34. The van der Waals surface area contributed by atoms with Gasteiger partial charge >= 0.3 is 0 Å². The van der Waals surface area contributed by atoms with Crippen molar-refractivity contribution in [2.24, 2.45) is 11.0 Å². The lowest BCUT2D eigenvalue weighted by molar-refractivity contribution is -0.133. The smallest absolute Gasteiger partial charge is 0.262 e. The van der Waals surface area contributed by atoms with Gasteiger partial charge in [-0.3, -0.25) is 14.4 Å². The minimum atomic E-state index is -0.842. The maximum Gasteiger partial charge on any atom is 0.262 e. The Kier molecular flexibility index (Phi) is 4.99. The molecular formula is C21H20N4O4. The number of fused-ring (bicyclic) bond motifs is 1. The van der Waals surface area contributed by atoms with Crippen molar-refractivity contribution in [3.05, 3.63) is 59.7 Å². The molecule has 2 heterocycles. The third-order valence-electron chi connectivity index (χ3n) is 5.06. The molecule has 2 atom stereocenters. The van der Waals surface area contributed by atoms with E-state index >= 15 is 0 Å². The van der Waals surface area contributed by atoms with E-state index in [0.717, 1.165) is 5.56 Å². The Bertz CT molecular complexity index is 1000. The van der Waals surface area contributed by atoms with Crippen LogP contribution < -0.4 is 20.8 Å². The van der Waals surface area contributed by atoms with Crippen molar-refractivity contribution >= 4 is 29.1 Å². The molecule has 2 unspecified atom stereocenters. The minimum absolute atomic E-state index is 0.0124. The average Bonchev–Trinajstić information content (AvgIpc) is 3.13. The van der Waals surface area contributed by atoms with Gasteiger partial charge in [-0.1, -0.05) is 30.3 Å². The van der Waals surface area contributed by atoms with Crippen LogP contribution in [0.1, 0.15) is 24.0 Å². The Hall–Kier alpha value is -3.68. The normalized spacial score (nSPS) is 20.9. The fraction of sp³-hybridized carbons (Fsp3) is 0.238. The van der Waals surface area contributed by atoms with Crippen LogP contribution in [0.5, 0.6) is 5.75 Å². The second kappa shape index (κ2) is 7.75. The molecule has 29 heavy (non-hydrogen) atoms. The quantitative estimate of drug-likeness (QED) is 0.415. The van der Waals surface area contributed by atoms with Gasteiger partial charge in [-0.05, 0) is 36.2 Å². The number of hydrazone groups is 1. The van der Waals surface area contributed by atoms with Crippen molar-refractivity contribution in [1.29, 1.82) is 0 Å². The van der Waals surface area contributed by atoms with E-state index in [-0.39, 0.29) is 24.3 Å². The zero-order chi connectivity index (χ0) is 20.4. The molecule has 2 aliphatic heterocycles. The van der Waals surface area contributed by atoms with Crippen LogP contribution in [0.25, 0.3) is 0 Å². The van der Waals surface area contributed by atoms with Gasteiger partial charge in [0.1, 0.15) is 11.7 Å². The fourth-order valence-electron chi connectivity index (χ4n) is 3.51. The van der Waals surface area contributed by atoms with Gasteiger partial charge < -0.3 is 15.4 Å². The Morgan fingerprint density at radius 3 is 2.76 bits per heavy atom. The van der Waals surface area contributed by atoms with Gasteiger partial charge in [0.05, 0.1) is 11.4 Å². The predicted molar refractivity (Wildman–Crippen MR) is 107 cm³/mol. The van der Waals surface area contributed by atoms with Gasteiger partial charge in [-0.25, -0.2) is 5.43 Å². The predicted octanol–water partition coefficient (Wildman–Crippen LogP) is 1.39. The van der Waals surface area contributed by atoms with Crippen molar-refractivity contribution in [2.45, 2.75) is 12.8 Å². The largest absolute Gasteiger partial charge is 0.482 e. The highest BCUT2D eigenvalue weighted by Crippen LogP contribution is 2.30. The number of rotatable bonds is 4. The van der Waals surface area contributed by atoms with Crippen LogP contribution in [0.15, 0.2) is 53.6 Å². The second-order valence-electron chi connectivity index (χ2n) is 6.96. The number of ether oxygens (including phenoxy) is 1. The molecule has 0 radical (unpaired) electrons. The monoisotopic (exact) mass is 392 g/mol. The molecule has 0 bridgehead atoms. The van der Waals surface area contributed by atoms with Crippen LogP contribution in [-0.2, 0) is 14.4 Å². The Morgan fingerprint density at radius 2 is 1.97 bits per heavy atom. The third-order valence-corrected chi connectivity index (χ3v) is 5.06. The van der Waals surface area contributed by atoms with E-state index in [1.807, 2.05) is 30.3 Å². The SMILES string of the molecule is C/C(=N/NC(=O)C1C(=O)NCC1c1ccccc1)c1ccc2c(c1)NC(=O)CO2. The van der Waals surface area contributed by atoms with Crippen LogP contribution >= 0.6 is 0 Å². The van der Waals surface area contributed by atoms with Gasteiger partial charge in [-0.2, -0.15) is 5.10 Å². The number of anilines is 1. The van der Waals surface area contributed by atoms with Gasteiger partial charge in [0, 0.05) is 12.5 Å². The van der Waals surface area contributed by atoms with E-state index < -0.39 is 11.8 Å². The van der Waals surface area contributed by atoms with Crippen LogP contribution in [-0.4, -0.2) is 36.6 Å². The number of benzene rings is 2. The van der Waals surface area contributed by atoms with E-state index in [1.54, 1.807) is 25.1 Å². The Labute approximate surface area is 167 Å². The van der Waals surface area contributed by atoms with Crippen molar-refractivity contribution in [2.75, 3.05) is 18.5 Å². The van der Waals surface area contributed by atoms with Gasteiger partial charge in [0.2, 0.25) is 5.91 Å². The Balaban J connectivity index is 1.49. The highest BCUT2D eigenvalue weighted by atomic mass is 16.5. The summed E-state index contributed by atoms with van der Waals surface area (Å²) >= 11 is 0. The molecule has 3 N–H and O–H groups in total. The molecule has 8 heteroatoms. The molecule has 0 aliphatic carbocycles. The van der Waals surface area contributed by atoms with E-state index in [0.29, 0.717) is 29.3 Å². The molecule has 0 saturated carbocycles. The van der Waals surface area contributed by atoms with Crippen LogP contribution in [0.3, 0.4) is 0 Å². The van der Waals surface area contributed by atoms with Crippen LogP contribution in [0, 0.1) is 5.92 Å². The molecule has 148 valence electrons. The van der Waals surface area contributed by atoms with E-state index in [2.05, 4.69) is 21.2 Å². The standard InChI is InChI=1S/C21H20N4O4/c1-12(14-7-8-17-16(9-14)23-18(26)11-29-17)24-25-21(28)19-15(10-22-20(19)27)13-5-3-2-4-6-13/h2-9,15,19H,10-11H2,1H3,(H,22,27)(H,23,26)(H,25,28)/b24-12-. The molecule has 2 aromatic rings. The minimum Gasteiger partial charge on any atom is -0.482 e. The zero-order valence-electron chi connectivity index (χ0n) is 15.8. The van der Waals surface area contributed by atoms with E-state index in [1.165, 1.54) is 0 Å². The topological polar surface area (TPSA) is 109 Å². The molecular weight excluding hydrogens is 372 g/mol. The summed E-state index contributed by atoms with van der Waals surface area (Å²) in [5.41, 5.74) is 5.24. The van der Waals surface area contributed by atoms with Gasteiger partial charge in [-0.15, -0.1) is 0 Å². The lowest BCUT2D eigenvalue weighted by Gasteiger charge is -2.18. The fourth-order valence-corrected chi connectivity index (χ4v) is 3.51. The first-order valence-electron chi connectivity index (χ1n) is 9.27. The first-order chi connectivity index (χ1) is 14.0. The maximum absolute atomic E-state index is 12.7. The summed E-state index contributed by atoms with van der Waals surface area (Å²) in [6.07, 6.45) is 0. The molecule has 2 aliphatic rings. The Morgan fingerprint density at radius 1 is 1.17 bits per heavy atom. The summed E-state index contributed by atoms with van der Waals surface area (Å²) in [5.74, 6) is -1.49. The van der Waals surface area contributed by atoms with E-state index in [4.69, 9.17) is 4.74 Å². The maximum atomic E-state index is 12.7. The molecule has 0 aromatic heterocycles. The van der Waals surface area contributed by atoms with Crippen molar-refractivity contribution in [3.63, 3.8) is 0 Å². The molecule has 4 rings (SSSR count). The van der Waals surface area contributed by atoms with Gasteiger partial charge in [0.15, 0.2) is 6.61 Å². The molecule has 8 nitrogen and oxygen atoms in total. The molecule has 1 saturated heterocycles. The lowest BCUT2D eigenvalue weighted by atomic mass is 9.88. The summed E-state index contributed by atoms with van der Waals surface area (Å²) in [4.78, 5) is 36.4. The summed E-state index contributed by atoms with van der Waals surface area (Å²) in [5, 5.41) is 9.64. The summed E-state index contributed by atoms with van der Waals surface area (Å²) in [7, 11) is 0. The lowest BCUT2D eigenvalue weighted by Crippen LogP contribution is -2.35. The summed E-state index contributed by atoms with van der Waals surface area (Å²) in [6, 6.07) is 14.7. The number of amides is 3.